The minimum atomic E-state index is -0.532. The monoisotopic (exact) mass is 449 g/mol. The van der Waals surface area contributed by atoms with Crippen molar-refractivity contribution < 1.29 is 23.9 Å². The SMILES string of the molecule is COCCOC(=O)c1c(C)[nH]c(C(=O)Nc2ccccc2C(=O)Nc2cccc(C)c2)c1C. The number of benzene rings is 2. The fourth-order valence-corrected chi connectivity index (χ4v) is 3.47. The number of para-hydroxylation sites is 1. The van der Waals surface area contributed by atoms with Gasteiger partial charge in [0.15, 0.2) is 0 Å². The highest BCUT2D eigenvalue weighted by molar-refractivity contribution is 6.13. The van der Waals surface area contributed by atoms with Crippen molar-refractivity contribution in [3.05, 3.63) is 82.2 Å². The molecule has 0 aliphatic heterocycles. The zero-order valence-electron chi connectivity index (χ0n) is 19.1. The molecule has 3 N–H and O–H groups in total. The number of esters is 1. The maximum absolute atomic E-state index is 13.0. The molecule has 0 bridgehead atoms. The lowest BCUT2D eigenvalue weighted by atomic mass is 10.1. The van der Waals surface area contributed by atoms with Crippen molar-refractivity contribution >= 4 is 29.2 Å². The van der Waals surface area contributed by atoms with Gasteiger partial charge in [0.2, 0.25) is 0 Å². The first-order chi connectivity index (χ1) is 15.8. The number of ether oxygens (including phenoxy) is 2. The maximum atomic E-state index is 13.0. The molecule has 2 amide bonds. The summed E-state index contributed by atoms with van der Waals surface area (Å²) in [5, 5.41) is 5.62. The van der Waals surface area contributed by atoms with E-state index in [4.69, 9.17) is 9.47 Å². The number of anilines is 2. The highest BCUT2D eigenvalue weighted by atomic mass is 16.6. The molecule has 33 heavy (non-hydrogen) atoms. The molecule has 8 nitrogen and oxygen atoms in total. The summed E-state index contributed by atoms with van der Waals surface area (Å²) >= 11 is 0. The van der Waals surface area contributed by atoms with Gasteiger partial charge in [0, 0.05) is 18.5 Å². The Hall–Kier alpha value is -3.91. The lowest BCUT2D eigenvalue weighted by Gasteiger charge is -2.12. The molecule has 1 aromatic heterocycles. The van der Waals surface area contributed by atoms with E-state index in [1.54, 1.807) is 44.2 Å². The Morgan fingerprint density at radius 3 is 2.39 bits per heavy atom. The Labute approximate surface area is 192 Å². The number of rotatable bonds is 8. The molecule has 3 aromatic rings. The third kappa shape index (κ3) is 5.67. The van der Waals surface area contributed by atoms with Gasteiger partial charge >= 0.3 is 5.97 Å². The fraction of sp³-hybridized carbons (Fsp3) is 0.240. The second kappa shape index (κ2) is 10.6. The molecule has 0 saturated heterocycles. The molecule has 172 valence electrons. The van der Waals surface area contributed by atoms with E-state index in [2.05, 4.69) is 15.6 Å². The highest BCUT2D eigenvalue weighted by Crippen LogP contribution is 2.22. The van der Waals surface area contributed by atoms with Gasteiger partial charge in [0.05, 0.1) is 23.4 Å². The molecule has 1 heterocycles. The second-order valence-electron chi connectivity index (χ2n) is 7.58. The largest absolute Gasteiger partial charge is 0.460 e. The van der Waals surface area contributed by atoms with Gasteiger partial charge in [-0.05, 0) is 56.2 Å². The van der Waals surface area contributed by atoms with Crippen LogP contribution in [0.15, 0.2) is 48.5 Å². The summed E-state index contributed by atoms with van der Waals surface area (Å²) in [7, 11) is 1.52. The molecule has 8 heteroatoms. The van der Waals surface area contributed by atoms with E-state index in [1.807, 2.05) is 25.1 Å². The zero-order valence-corrected chi connectivity index (χ0v) is 19.1. The Morgan fingerprint density at radius 2 is 1.67 bits per heavy atom. The van der Waals surface area contributed by atoms with Gasteiger partial charge in [0.1, 0.15) is 12.3 Å². The number of amides is 2. The van der Waals surface area contributed by atoms with E-state index in [0.717, 1.165) is 5.56 Å². The van der Waals surface area contributed by atoms with E-state index in [1.165, 1.54) is 7.11 Å². The van der Waals surface area contributed by atoms with Crippen LogP contribution in [0.2, 0.25) is 0 Å². The molecule has 3 rings (SSSR count). The first kappa shape index (κ1) is 23.7. The molecule has 0 aliphatic carbocycles. The van der Waals surface area contributed by atoms with Crippen LogP contribution in [0.4, 0.5) is 11.4 Å². The van der Waals surface area contributed by atoms with Gasteiger partial charge in [0.25, 0.3) is 11.8 Å². The van der Waals surface area contributed by atoms with Crippen molar-refractivity contribution in [1.29, 1.82) is 0 Å². The molecule has 2 aromatic carbocycles. The average Bonchev–Trinajstić information content (AvgIpc) is 3.08. The van der Waals surface area contributed by atoms with Gasteiger partial charge in [-0.25, -0.2) is 4.79 Å². The number of carbonyl (C=O) groups is 3. The van der Waals surface area contributed by atoms with Gasteiger partial charge in [-0.1, -0.05) is 24.3 Å². The third-order valence-electron chi connectivity index (χ3n) is 5.09. The Balaban J connectivity index is 1.79. The lowest BCUT2D eigenvalue weighted by molar-refractivity contribution is 0.0386. The quantitative estimate of drug-likeness (QED) is 0.352. The van der Waals surface area contributed by atoms with Crippen molar-refractivity contribution in [1.82, 2.24) is 4.98 Å². The molecule has 0 saturated carbocycles. The van der Waals surface area contributed by atoms with E-state index in [-0.39, 0.29) is 24.8 Å². The number of hydrogen-bond acceptors (Lipinski definition) is 5. The third-order valence-corrected chi connectivity index (χ3v) is 5.09. The van der Waals surface area contributed by atoms with Gasteiger partial charge < -0.3 is 25.1 Å². The molecule has 0 unspecified atom stereocenters. The molecule has 0 atom stereocenters. The van der Waals surface area contributed by atoms with Crippen LogP contribution in [0, 0.1) is 20.8 Å². The van der Waals surface area contributed by atoms with Crippen LogP contribution < -0.4 is 10.6 Å². The summed E-state index contributed by atoms with van der Waals surface area (Å²) in [4.78, 5) is 41.2. The number of nitrogens with one attached hydrogen (secondary N) is 3. The summed E-state index contributed by atoms with van der Waals surface area (Å²) in [6.07, 6.45) is 0. The van der Waals surface area contributed by atoms with Crippen LogP contribution in [-0.2, 0) is 9.47 Å². The Kier molecular flexibility index (Phi) is 7.63. The second-order valence-corrected chi connectivity index (χ2v) is 7.58. The number of methoxy groups -OCH3 is 1. The molecular formula is C25H27N3O5. The van der Waals surface area contributed by atoms with E-state index in [0.29, 0.717) is 33.8 Å². The van der Waals surface area contributed by atoms with Gasteiger partial charge in [-0.2, -0.15) is 0 Å². The number of hydrogen-bond donors (Lipinski definition) is 3. The number of carbonyl (C=O) groups excluding carboxylic acids is 3. The van der Waals surface area contributed by atoms with Crippen LogP contribution in [-0.4, -0.2) is 43.1 Å². The summed E-state index contributed by atoms with van der Waals surface area (Å²) < 4.78 is 10.1. The molecular weight excluding hydrogens is 422 g/mol. The number of aromatic nitrogens is 1. The standard InChI is InChI=1S/C25H27N3O5/c1-15-8-7-9-18(14-15)27-23(29)19-10-5-6-11-20(19)28-24(30)22-16(2)21(17(3)26-22)25(31)33-13-12-32-4/h5-11,14,26H,12-13H2,1-4H3,(H,27,29)(H,28,30). The minimum Gasteiger partial charge on any atom is -0.460 e. The molecule has 0 spiro atoms. The normalized spacial score (nSPS) is 10.5. The topological polar surface area (TPSA) is 110 Å². The van der Waals surface area contributed by atoms with Crippen LogP contribution in [0.3, 0.4) is 0 Å². The summed E-state index contributed by atoms with van der Waals surface area (Å²) in [6.45, 7) is 5.70. The predicted octanol–water partition coefficient (Wildman–Crippen LogP) is 4.25. The Morgan fingerprint density at radius 1 is 0.909 bits per heavy atom. The van der Waals surface area contributed by atoms with Crippen LogP contribution in [0.1, 0.15) is 48.0 Å². The van der Waals surface area contributed by atoms with Gasteiger partial charge in [-0.3, -0.25) is 9.59 Å². The zero-order chi connectivity index (χ0) is 24.0. The van der Waals surface area contributed by atoms with E-state index in [9.17, 15) is 14.4 Å². The van der Waals surface area contributed by atoms with Crippen molar-refractivity contribution in [2.24, 2.45) is 0 Å². The van der Waals surface area contributed by atoms with Gasteiger partial charge in [-0.15, -0.1) is 0 Å². The van der Waals surface area contributed by atoms with Crippen LogP contribution in [0.5, 0.6) is 0 Å². The average molecular weight is 450 g/mol. The van der Waals surface area contributed by atoms with Crippen LogP contribution >= 0.6 is 0 Å². The first-order valence-corrected chi connectivity index (χ1v) is 10.5. The first-order valence-electron chi connectivity index (χ1n) is 10.5. The van der Waals surface area contributed by atoms with Crippen molar-refractivity contribution in [2.45, 2.75) is 20.8 Å². The van der Waals surface area contributed by atoms with Crippen molar-refractivity contribution in [3.8, 4) is 0 Å². The van der Waals surface area contributed by atoms with E-state index < -0.39 is 11.9 Å². The summed E-state index contributed by atoms with van der Waals surface area (Å²) in [5.41, 5.74) is 3.86. The smallest absolute Gasteiger partial charge is 0.340 e. The molecule has 0 fully saturated rings. The fourth-order valence-electron chi connectivity index (χ4n) is 3.47. The number of H-pyrrole nitrogens is 1. The lowest BCUT2D eigenvalue weighted by Crippen LogP contribution is -2.19. The van der Waals surface area contributed by atoms with Crippen molar-refractivity contribution in [2.75, 3.05) is 31.0 Å². The van der Waals surface area contributed by atoms with E-state index >= 15 is 0 Å². The highest BCUT2D eigenvalue weighted by Gasteiger charge is 2.24. The van der Waals surface area contributed by atoms with Crippen molar-refractivity contribution in [3.63, 3.8) is 0 Å². The maximum Gasteiger partial charge on any atom is 0.340 e. The minimum absolute atomic E-state index is 0.115. The molecule has 0 radical (unpaired) electrons. The Bertz CT molecular complexity index is 1180. The summed E-state index contributed by atoms with van der Waals surface area (Å²) in [5.74, 6) is -1.35. The molecule has 0 aliphatic rings. The number of aromatic amines is 1. The number of aryl methyl sites for hydroxylation is 2. The predicted molar refractivity (Wildman–Crippen MR) is 126 cm³/mol. The van der Waals surface area contributed by atoms with Crippen LogP contribution in [0.25, 0.3) is 0 Å². The summed E-state index contributed by atoms with van der Waals surface area (Å²) in [6, 6.07) is 14.2.